The van der Waals surface area contributed by atoms with Gasteiger partial charge in [0.1, 0.15) is 0 Å². The fraction of sp³-hybridized carbons (Fsp3) is 0. The first-order chi connectivity index (χ1) is 5.86. The topological polar surface area (TPSA) is 41.6 Å². The molecule has 2 heterocycles. The van der Waals surface area contributed by atoms with E-state index in [2.05, 4.69) is 9.97 Å². The first-order valence-corrected chi connectivity index (χ1v) is 3.30. The van der Waals surface area contributed by atoms with Gasteiger partial charge in [0.25, 0.3) is 0 Å². The Bertz CT molecular complexity index is 369. The molecule has 0 radical (unpaired) electrons. The predicted octanol–water partition coefficient (Wildman–Crippen LogP) is 1.47. The zero-order valence-electron chi connectivity index (χ0n) is 6.81. The Hall–Kier alpha value is -1.64. The average Bonchev–Trinajstić information content (AvgIpc) is 2.54. The number of aromatic nitrogens is 3. The minimum absolute atomic E-state index is 0.799. The van der Waals surface area contributed by atoms with Crippen molar-refractivity contribution in [3.05, 3.63) is 37.1 Å². The normalized spacial score (nSPS) is 11.1. The quantitative estimate of drug-likeness (QED) is 0.661. The molecule has 1 N–H and O–H groups in total. The van der Waals surface area contributed by atoms with Gasteiger partial charge in [-0.3, -0.25) is 4.98 Å². The molecule has 0 fully saturated rings. The van der Waals surface area contributed by atoms with Crippen LogP contribution in [0.25, 0.3) is 11.3 Å². The zero-order chi connectivity index (χ0) is 8.39. The van der Waals surface area contributed by atoms with Crippen LogP contribution in [-0.2, 0) is 0 Å². The van der Waals surface area contributed by atoms with Gasteiger partial charge >= 0.3 is 0 Å². The number of hydrogen-bond acceptors (Lipinski definition) is 2. The van der Waals surface area contributed by atoms with Crippen molar-refractivity contribution in [3.8, 4) is 11.3 Å². The van der Waals surface area contributed by atoms with E-state index >= 15 is 0 Å². The summed E-state index contributed by atoms with van der Waals surface area (Å²) in [6.07, 6.45) is 6.52. The number of pyridine rings is 1. The zero-order valence-corrected chi connectivity index (χ0v) is 5.81. The minimum atomic E-state index is 0.799. The van der Waals surface area contributed by atoms with Gasteiger partial charge in [-0.1, -0.05) is 0 Å². The van der Waals surface area contributed by atoms with E-state index in [9.17, 15) is 0 Å². The van der Waals surface area contributed by atoms with Crippen molar-refractivity contribution >= 4 is 0 Å². The van der Waals surface area contributed by atoms with E-state index in [1.165, 1.54) is 11.3 Å². The van der Waals surface area contributed by atoms with Crippen LogP contribution in [-0.4, -0.2) is 14.9 Å². The molecule has 0 atom stereocenters. The van der Waals surface area contributed by atoms with Gasteiger partial charge in [-0.2, -0.15) is 0 Å². The molecule has 0 bridgehead atoms. The van der Waals surface area contributed by atoms with Crippen molar-refractivity contribution in [2.24, 2.45) is 0 Å². The number of rotatable bonds is 1. The third-order valence-corrected chi connectivity index (χ3v) is 1.44. The molecule has 0 aliphatic rings. The summed E-state index contributed by atoms with van der Waals surface area (Å²) in [5.41, 5.74) is 1.78. The van der Waals surface area contributed by atoms with Crippen molar-refractivity contribution in [1.82, 2.24) is 14.9 Å². The van der Waals surface area contributed by atoms with Crippen LogP contribution >= 0.6 is 0 Å². The van der Waals surface area contributed by atoms with Crippen molar-refractivity contribution in [2.75, 3.05) is 0 Å². The van der Waals surface area contributed by atoms with Gasteiger partial charge in [-0.25, -0.2) is 4.98 Å². The monoisotopic (exact) mass is 146 g/mol. The SMILES string of the molecule is [2H]n1cnc(-c2ccncc2)c1. The van der Waals surface area contributed by atoms with Crippen molar-refractivity contribution in [1.29, 1.82) is 0 Å². The van der Waals surface area contributed by atoms with Crippen LogP contribution in [0.5, 0.6) is 0 Å². The van der Waals surface area contributed by atoms with Crippen LogP contribution in [0.15, 0.2) is 37.1 Å². The largest absolute Gasteiger partial charge is 0.351 e. The standard InChI is InChI=1S/C8H7N3/c1-3-9-4-2-7(1)8-5-10-6-11-8/h1-6H,(H,10,11)/i/hD. The molecule has 0 aliphatic heterocycles. The lowest BCUT2D eigenvalue weighted by atomic mass is 10.2. The van der Waals surface area contributed by atoms with Gasteiger partial charge in [0.15, 0.2) is 1.41 Å². The minimum Gasteiger partial charge on any atom is -0.351 e. The highest BCUT2D eigenvalue weighted by Crippen LogP contribution is 2.12. The highest BCUT2D eigenvalue weighted by atomic mass is 14.9. The van der Waals surface area contributed by atoms with Crippen molar-refractivity contribution in [3.63, 3.8) is 0 Å². The summed E-state index contributed by atoms with van der Waals surface area (Å²) < 4.78 is 7.20. The molecule has 2 rings (SSSR count). The maximum Gasteiger partial charge on any atom is 0.167 e. The summed E-state index contributed by atoms with van der Waals surface area (Å²) >= 11 is 0. The fourth-order valence-corrected chi connectivity index (χ4v) is 0.905. The van der Waals surface area contributed by atoms with E-state index < -0.39 is 0 Å². The molecule has 11 heavy (non-hydrogen) atoms. The summed E-state index contributed by atoms with van der Waals surface area (Å²) in [5, 5.41) is 0. The number of imidazole rings is 1. The van der Waals surface area contributed by atoms with Crippen LogP contribution in [0.1, 0.15) is 0 Å². The second-order valence-corrected chi connectivity index (χ2v) is 2.14. The van der Waals surface area contributed by atoms with Crippen molar-refractivity contribution < 1.29 is 1.41 Å². The summed E-state index contributed by atoms with van der Waals surface area (Å²) in [6, 6.07) is 3.73. The van der Waals surface area contributed by atoms with Crippen LogP contribution < -0.4 is 0 Å². The van der Waals surface area contributed by atoms with E-state index in [4.69, 9.17) is 1.41 Å². The third kappa shape index (κ3) is 1.12. The lowest BCUT2D eigenvalue weighted by Crippen LogP contribution is -1.76. The highest BCUT2D eigenvalue weighted by Gasteiger charge is 1.95. The van der Waals surface area contributed by atoms with Gasteiger partial charge in [0.05, 0.1) is 12.0 Å². The van der Waals surface area contributed by atoms with Gasteiger partial charge in [-0.15, -0.1) is 0 Å². The molecular formula is C8H7N3. The van der Waals surface area contributed by atoms with E-state index in [1.807, 2.05) is 12.1 Å². The summed E-state index contributed by atoms with van der Waals surface area (Å²) in [5.74, 6) is 0. The van der Waals surface area contributed by atoms with E-state index in [-0.39, 0.29) is 0 Å². The second-order valence-electron chi connectivity index (χ2n) is 2.14. The number of nitrogens with zero attached hydrogens (tertiary/aromatic N) is 2. The maximum atomic E-state index is 7.20. The van der Waals surface area contributed by atoms with Crippen LogP contribution in [0.4, 0.5) is 0 Å². The number of nitrogens with one attached hydrogen (secondary N) is 1. The average molecular weight is 146 g/mol. The Balaban J connectivity index is 2.45. The number of aromatic amines is 1. The van der Waals surface area contributed by atoms with E-state index in [0.29, 0.717) is 0 Å². The molecule has 2 aromatic rings. The number of H-pyrrole nitrogens is 1. The van der Waals surface area contributed by atoms with Gasteiger partial charge in [-0.05, 0) is 12.1 Å². The smallest absolute Gasteiger partial charge is 0.167 e. The molecule has 0 spiro atoms. The molecule has 0 saturated carbocycles. The molecule has 0 unspecified atom stereocenters. The summed E-state index contributed by atoms with van der Waals surface area (Å²) in [6.45, 7) is 0. The molecule has 0 amide bonds. The van der Waals surface area contributed by atoms with Gasteiger partial charge < -0.3 is 4.98 Å². The van der Waals surface area contributed by atoms with Gasteiger partial charge in [0, 0.05) is 24.2 Å². The Kier molecular flexibility index (Phi) is 1.17. The second kappa shape index (κ2) is 2.54. The van der Waals surface area contributed by atoms with E-state index in [1.54, 1.807) is 18.6 Å². The molecular weight excluding hydrogens is 138 g/mol. The van der Waals surface area contributed by atoms with Crippen molar-refractivity contribution in [2.45, 2.75) is 0 Å². The number of hydrogen-bond donors (Lipinski definition) is 1. The maximum absolute atomic E-state index is 7.20. The Labute approximate surface area is 65.6 Å². The molecule has 0 saturated heterocycles. The van der Waals surface area contributed by atoms with E-state index in [0.717, 1.165) is 11.3 Å². The predicted molar refractivity (Wildman–Crippen MR) is 41.8 cm³/mol. The van der Waals surface area contributed by atoms with Gasteiger partial charge in [0.2, 0.25) is 0 Å². The van der Waals surface area contributed by atoms with Crippen LogP contribution in [0.2, 0.25) is 1.41 Å². The lowest BCUT2D eigenvalue weighted by Gasteiger charge is -1.91. The highest BCUT2D eigenvalue weighted by molar-refractivity contribution is 5.56. The molecule has 0 aromatic carbocycles. The lowest BCUT2D eigenvalue weighted by molar-refractivity contribution is 1.30. The Morgan fingerprint density at radius 3 is 2.82 bits per heavy atom. The Morgan fingerprint density at radius 1 is 1.36 bits per heavy atom. The molecule has 3 nitrogen and oxygen atoms in total. The van der Waals surface area contributed by atoms with Crippen LogP contribution in [0.3, 0.4) is 0 Å². The summed E-state index contributed by atoms with van der Waals surface area (Å²) in [4.78, 5) is 9.11. The molecule has 54 valence electrons. The first-order valence-electron chi connectivity index (χ1n) is 3.74. The molecule has 2 aromatic heterocycles. The molecule has 0 aliphatic carbocycles. The summed E-state index contributed by atoms with van der Waals surface area (Å²) in [7, 11) is 0. The first kappa shape index (κ1) is 5.07. The van der Waals surface area contributed by atoms with Crippen LogP contribution in [0, 0.1) is 0 Å². The fourth-order valence-electron chi connectivity index (χ4n) is 0.905. The Morgan fingerprint density at radius 2 is 2.18 bits per heavy atom. The third-order valence-electron chi connectivity index (χ3n) is 1.44. The molecule has 3 heteroatoms.